The summed E-state index contributed by atoms with van der Waals surface area (Å²) in [4.78, 5) is 15.7. The number of carbonyl (C=O) groups is 1. The third-order valence-corrected chi connectivity index (χ3v) is 4.85. The van der Waals surface area contributed by atoms with Gasteiger partial charge in [0.2, 0.25) is 0 Å². The molecular weight excluding hydrogens is 390 g/mol. The second-order valence-corrected chi connectivity index (χ2v) is 8.26. The normalized spacial score (nSPS) is 11.5. The smallest absolute Gasteiger partial charge is 0.335 e. The van der Waals surface area contributed by atoms with E-state index in [2.05, 4.69) is 37.9 Å². The number of methoxy groups -OCH3 is 1. The van der Waals surface area contributed by atoms with Crippen molar-refractivity contribution < 1.29 is 19.4 Å². The maximum absolute atomic E-state index is 11.1. The number of aliphatic imine (C=N–C) groups is 1. The number of benzene rings is 3. The lowest BCUT2D eigenvalue weighted by Crippen LogP contribution is -2.10. The second kappa shape index (κ2) is 9.47. The second-order valence-electron chi connectivity index (χ2n) is 8.26. The lowest BCUT2D eigenvalue weighted by atomic mass is 9.87. The lowest BCUT2D eigenvalue weighted by Gasteiger charge is -2.18. The minimum Gasteiger partial charge on any atom is -0.493 e. The molecule has 0 spiro atoms. The Morgan fingerprint density at radius 3 is 2.39 bits per heavy atom. The lowest BCUT2D eigenvalue weighted by molar-refractivity contribution is 0.0696. The standard InChI is InChI=1S/C26H27NO4/c1-26(2,3)21-9-11-22(12-10-21)27-16-18-8-13-23(24(15-18)30-4)31-17-19-6-5-7-20(14-19)25(28)29/h5-16H,17H2,1-4H3,(H,28,29). The predicted octanol–water partition coefficient (Wildman–Crippen LogP) is 6.02. The summed E-state index contributed by atoms with van der Waals surface area (Å²) in [6, 6.07) is 20.5. The number of nitrogens with zero attached hydrogens (tertiary/aromatic N) is 1. The van der Waals surface area contributed by atoms with Crippen molar-refractivity contribution in [3.63, 3.8) is 0 Å². The Labute approximate surface area is 183 Å². The largest absolute Gasteiger partial charge is 0.493 e. The molecule has 0 fully saturated rings. The van der Waals surface area contributed by atoms with E-state index in [0.29, 0.717) is 11.5 Å². The Kier molecular flexibility index (Phi) is 6.75. The summed E-state index contributed by atoms with van der Waals surface area (Å²) in [7, 11) is 1.58. The number of rotatable bonds is 7. The molecule has 160 valence electrons. The van der Waals surface area contributed by atoms with Gasteiger partial charge in [-0.25, -0.2) is 4.79 Å². The van der Waals surface area contributed by atoms with Gasteiger partial charge in [-0.15, -0.1) is 0 Å². The van der Waals surface area contributed by atoms with E-state index >= 15 is 0 Å². The Morgan fingerprint density at radius 2 is 1.74 bits per heavy atom. The van der Waals surface area contributed by atoms with Gasteiger partial charge in [-0.1, -0.05) is 45.0 Å². The third-order valence-electron chi connectivity index (χ3n) is 4.85. The molecular formula is C26H27NO4. The molecule has 5 heteroatoms. The van der Waals surface area contributed by atoms with Crippen LogP contribution in [0.5, 0.6) is 11.5 Å². The van der Waals surface area contributed by atoms with Crippen LogP contribution in [0.15, 0.2) is 71.7 Å². The van der Waals surface area contributed by atoms with Crippen LogP contribution in [0.25, 0.3) is 0 Å². The van der Waals surface area contributed by atoms with Crippen LogP contribution < -0.4 is 9.47 Å². The molecule has 0 aliphatic heterocycles. The van der Waals surface area contributed by atoms with Crippen LogP contribution in [-0.2, 0) is 12.0 Å². The Balaban J connectivity index is 1.70. The predicted molar refractivity (Wildman–Crippen MR) is 123 cm³/mol. The van der Waals surface area contributed by atoms with Gasteiger partial charge in [0.1, 0.15) is 6.61 Å². The molecule has 3 aromatic rings. The highest BCUT2D eigenvalue weighted by Crippen LogP contribution is 2.29. The number of carboxylic acids is 1. The summed E-state index contributed by atoms with van der Waals surface area (Å²) in [5, 5.41) is 9.12. The highest BCUT2D eigenvalue weighted by atomic mass is 16.5. The molecule has 1 N–H and O–H groups in total. The first-order valence-corrected chi connectivity index (χ1v) is 10.0. The summed E-state index contributed by atoms with van der Waals surface area (Å²) < 4.78 is 11.3. The zero-order chi connectivity index (χ0) is 22.4. The molecule has 3 rings (SSSR count). The van der Waals surface area contributed by atoms with E-state index in [4.69, 9.17) is 14.6 Å². The molecule has 0 aromatic heterocycles. The molecule has 0 aliphatic carbocycles. The van der Waals surface area contributed by atoms with Crippen LogP contribution in [0.2, 0.25) is 0 Å². The first kappa shape index (κ1) is 22.1. The van der Waals surface area contributed by atoms with Crippen LogP contribution in [0.3, 0.4) is 0 Å². The quantitative estimate of drug-likeness (QED) is 0.477. The van der Waals surface area contributed by atoms with Crippen molar-refractivity contribution in [2.24, 2.45) is 4.99 Å². The first-order valence-electron chi connectivity index (χ1n) is 10.0. The van der Waals surface area contributed by atoms with E-state index in [0.717, 1.165) is 16.8 Å². The summed E-state index contributed by atoms with van der Waals surface area (Å²) in [5.74, 6) is 0.201. The van der Waals surface area contributed by atoms with Crippen LogP contribution in [-0.4, -0.2) is 24.4 Å². The SMILES string of the molecule is COc1cc(C=Nc2ccc(C(C)(C)C)cc2)ccc1OCc1cccc(C(=O)O)c1. The van der Waals surface area contributed by atoms with Gasteiger partial charge in [0.25, 0.3) is 0 Å². The molecule has 0 saturated carbocycles. The van der Waals surface area contributed by atoms with Crippen molar-refractivity contribution in [2.75, 3.05) is 7.11 Å². The van der Waals surface area contributed by atoms with Gasteiger partial charge in [0.15, 0.2) is 11.5 Å². The van der Waals surface area contributed by atoms with E-state index in [1.165, 1.54) is 5.56 Å². The molecule has 0 radical (unpaired) electrons. The monoisotopic (exact) mass is 417 g/mol. The fourth-order valence-corrected chi connectivity index (χ4v) is 3.04. The summed E-state index contributed by atoms with van der Waals surface area (Å²) in [6.07, 6.45) is 1.79. The van der Waals surface area contributed by atoms with Crippen molar-refractivity contribution in [3.05, 3.63) is 89.0 Å². The van der Waals surface area contributed by atoms with E-state index in [1.807, 2.05) is 36.4 Å². The zero-order valence-corrected chi connectivity index (χ0v) is 18.3. The first-order chi connectivity index (χ1) is 14.8. The van der Waals surface area contributed by atoms with E-state index in [9.17, 15) is 4.79 Å². The van der Waals surface area contributed by atoms with Gasteiger partial charge < -0.3 is 14.6 Å². The molecule has 31 heavy (non-hydrogen) atoms. The molecule has 0 unspecified atom stereocenters. The van der Waals surface area contributed by atoms with Gasteiger partial charge in [0.05, 0.1) is 18.4 Å². The minimum absolute atomic E-state index is 0.111. The molecule has 5 nitrogen and oxygen atoms in total. The molecule has 0 saturated heterocycles. The Morgan fingerprint density at radius 1 is 1.00 bits per heavy atom. The molecule has 0 atom stereocenters. The van der Waals surface area contributed by atoms with Gasteiger partial charge in [-0.3, -0.25) is 4.99 Å². The van der Waals surface area contributed by atoms with Gasteiger partial charge in [-0.05, 0) is 64.6 Å². The molecule has 3 aromatic carbocycles. The van der Waals surface area contributed by atoms with Gasteiger partial charge >= 0.3 is 5.97 Å². The van der Waals surface area contributed by atoms with E-state index < -0.39 is 5.97 Å². The molecule has 0 amide bonds. The fraction of sp³-hybridized carbons (Fsp3) is 0.231. The van der Waals surface area contributed by atoms with Crippen LogP contribution in [0.1, 0.15) is 47.8 Å². The van der Waals surface area contributed by atoms with E-state index in [-0.39, 0.29) is 17.6 Å². The van der Waals surface area contributed by atoms with Crippen LogP contribution in [0, 0.1) is 0 Å². The number of aromatic carboxylic acids is 1. The maximum Gasteiger partial charge on any atom is 0.335 e. The summed E-state index contributed by atoms with van der Waals surface area (Å²) in [5.41, 5.74) is 4.15. The number of hydrogen-bond donors (Lipinski definition) is 1. The van der Waals surface area contributed by atoms with Crippen molar-refractivity contribution in [3.8, 4) is 11.5 Å². The van der Waals surface area contributed by atoms with Gasteiger partial charge in [0, 0.05) is 6.21 Å². The van der Waals surface area contributed by atoms with Crippen LogP contribution >= 0.6 is 0 Å². The number of carboxylic acid groups (broad SMARTS) is 1. The summed E-state index contributed by atoms with van der Waals surface area (Å²) in [6.45, 7) is 6.79. The van der Waals surface area contributed by atoms with Crippen molar-refractivity contribution in [2.45, 2.75) is 32.8 Å². The van der Waals surface area contributed by atoms with Crippen molar-refractivity contribution >= 4 is 17.9 Å². The highest BCUT2D eigenvalue weighted by molar-refractivity contribution is 5.87. The average molecular weight is 418 g/mol. The molecule has 0 aliphatic rings. The fourth-order valence-electron chi connectivity index (χ4n) is 3.04. The minimum atomic E-state index is -0.962. The summed E-state index contributed by atoms with van der Waals surface area (Å²) >= 11 is 0. The van der Waals surface area contributed by atoms with Crippen molar-refractivity contribution in [1.29, 1.82) is 0 Å². The average Bonchev–Trinajstić information content (AvgIpc) is 2.76. The topological polar surface area (TPSA) is 68.1 Å². The molecule has 0 heterocycles. The maximum atomic E-state index is 11.1. The number of ether oxygens (including phenoxy) is 2. The van der Waals surface area contributed by atoms with E-state index in [1.54, 1.807) is 31.5 Å². The van der Waals surface area contributed by atoms with Gasteiger partial charge in [-0.2, -0.15) is 0 Å². The number of hydrogen-bond acceptors (Lipinski definition) is 4. The molecule has 0 bridgehead atoms. The zero-order valence-electron chi connectivity index (χ0n) is 18.3. The van der Waals surface area contributed by atoms with Crippen molar-refractivity contribution in [1.82, 2.24) is 0 Å². The van der Waals surface area contributed by atoms with Crippen LogP contribution in [0.4, 0.5) is 5.69 Å². The third kappa shape index (κ3) is 5.95. The Hall–Kier alpha value is -3.60. The Bertz CT molecular complexity index is 1080. The highest BCUT2D eigenvalue weighted by Gasteiger charge is 2.12.